The summed E-state index contributed by atoms with van der Waals surface area (Å²) >= 11 is 0. The number of piperidine rings is 2. The van der Waals surface area contributed by atoms with Crippen molar-refractivity contribution in [2.75, 3.05) is 39.3 Å². The Morgan fingerprint density at radius 1 is 1.22 bits per heavy atom. The first-order chi connectivity index (χ1) is 15.4. The van der Waals surface area contributed by atoms with Crippen LogP contribution in [-0.2, 0) is 9.53 Å². The molecule has 3 fully saturated rings. The van der Waals surface area contributed by atoms with E-state index in [2.05, 4.69) is 23.2 Å². The van der Waals surface area contributed by atoms with E-state index >= 15 is 0 Å². The summed E-state index contributed by atoms with van der Waals surface area (Å²) in [6, 6.07) is 4.32. The van der Waals surface area contributed by atoms with E-state index in [9.17, 15) is 9.59 Å². The van der Waals surface area contributed by atoms with Crippen LogP contribution in [0.2, 0.25) is 0 Å². The molecule has 0 radical (unpaired) electrons. The van der Waals surface area contributed by atoms with Crippen LogP contribution in [0, 0.1) is 18.3 Å². The number of aryl methyl sites for hydroxylation is 1. The van der Waals surface area contributed by atoms with E-state index in [0.29, 0.717) is 25.6 Å². The van der Waals surface area contributed by atoms with Gasteiger partial charge in [-0.15, -0.1) is 0 Å². The number of furan rings is 1. The zero-order valence-electron chi connectivity index (χ0n) is 19.9. The first-order valence-electron chi connectivity index (χ1n) is 12.4. The first-order valence-corrected chi connectivity index (χ1v) is 12.4. The van der Waals surface area contributed by atoms with Gasteiger partial charge >= 0.3 is 6.09 Å². The molecule has 1 saturated carbocycles. The molecule has 1 aromatic rings. The molecule has 178 valence electrons. The second kappa shape index (κ2) is 9.86. The molecule has 3 aliphatic rings. The van der Waals surface area contributed by atoms with E-state index in [-0.39, 0.29) is 29.4 Å². The number of nitrogens with zero attached hydrogens (tertiary/aromatic N) is 2. The van der Waals surface area contributed by atoms with Gasteiger partial charge in [-0.2, -0.15) is 0 Å². The molecule has 1 spiro atoms. The highest BCUT2D eigenvalue weighted by Gasteiger charge is 2.58. The van der Waals surface area contributed by atoms with E-state index in [1.165, 1.54) is 0 Å². The number of carbonyl (C=O) groups is 2. The van der Waals surface area contributed by atoms with Gasteiger partial charge in [0.25, 0.3) is 0 Å². The molecular formula is C25H39N3O4. The third-order valence-corrected chi connectivity index (χ3v) is 7.85. The maximum atomic E-state index is 12.9. The van der Waals surface area contributed by atoms with Gasteiger partial charge in [0.1, 0.15) is 11.5 Å². The number of nitrogens with one attached hydrogen (secondary N) is 1. The van der Waals surface area contributed by atoms with Crippen molar-refractivity contribution in [1.82, 2.24) is 15.1 Å². The van der Waals surface area contributed by atoms with Crippen molar-refractivity contribution in [3.8, 4) is 0 Å². The van der Waals surface area contributed by atoms with Gasteiger partial charge in [0.15, 0.2) is 0 Å². The molecule has 0 bridgehead atoms. The summed E-state index contributed by atoms with van der Waals surface area (Å²) < 4.78 is 10.8. The fourth-order valence-electron chi connectivity index (χ4n) is 5.45. The van der Waals surface area contributed by atoms with Crippen molar-refractivity contribution in [3.05, 3.63) is 23.7 Å². The van der Waals surface area contributed by atoms with E-state index in [1.807, 2.05) is 19.9 Å². The van der Waals surface area contributed by atoms with Crippen LogP contribution in [0.3, 0.4) is 0 Å². The maximum Gasteiger partial charge on any atom is 0.409 e. The lowest BCUT2D eigenvalue weighted by atomic mass is 9.90. The summed E-state index contributed by atoms with van der Waals surface area (Å²) in [6.45, 7) is 11.0. The van der Waals surface area contributed by atoms with Crippen molar-refractivity contribution in [2.45, 2.75) is 71.3 Å². The Kier molecular flexibility index (Phi) is 7.13. The van der Waals surface area contributed by atoms with Crippen LogP contribution in [0.5, 0.6) is 0 Å². The fraction of sp³-hybridized carbons (Fsp3) is 0.760. The predicted octanol–water partition coefficient (Wildman–Crippen LogP) is 3.92. The molecular weight excluding hydrogens is 406 g/mol. The minimum atomic E-state index is -0.237. The van der Waals surface area contributed by atoms with Crippen molar-refractivity contribution < 1.29 is 18.7 Å². The highest BCUT2D eigenvalue weighted by molar-refractivity contribution is 5.83. The van der Waals surface area contributed by atoms with Gasteiger partial charge in [0, 0.05) is 31.0 Å². The fourth-order valence-corrected chi connectivity index (χ4v) is 5.45. The molecule has 1 aromatic heterocycles. The molecule has 2 saturated heterocycles. The number of rotatable bonds is 7. The van der Waals surface area contributed by atoms with Gasteiger partial charge in [0.2, 0.25) is 5.91 Å². The summed E-state index contributed by atoms with van der Waals surface area (Å²) in [7, 11) is 0. The van der Waals surface area contributed by atoms with Crippen LogP contribution in [-0.4, -0.2) is 67.2 Å². The van der Waals surface area contributed by atoms with Gasteiger partial charge in [0.05, 0.1) is 6.61 Å². The molecule has 1 N–H and O–H groups in total. The van der Waals surface area contributed by atoms with Gasteiger partial charge in [-0.1, -0.05) is 6.92 Å². The predicted molar refractivity (Wildman–Crippen MR) is 122 cm³/mol. The Bertz CT molecular complexity index is 791. The zero-order chi connectivity index (χ0) is 22.7. The van der Waals surface area contributed by atoms with E-state index < -0.39 is 0 Å². The van der Waals surface area contributed by atoms with Crippen LogP contribution in [0.4, 0.5) is 4.79 Å². The van der Waals surface area contributed by atoms with Gasteiger partial charge in [-0.3, -0.25) is 4.79 Å². The van der Waals surface area contributed by atoms with Crippen LogP contribution in [0.15, 0.2) is 16.5 Å². The number of hydrogen-bond donors (Lipinski definition) is 1. The Hall–Kier alpha value is -2.02. The number of likely N-dealkylation sites (tertiary alicyclic amines) is 2. The SMILES string of the molecule is CCOC(=O)N1CCC(NC(=O)[C@@H]2CC23CCN(CC[C@@H](C)c2ccc(C)o2)CC3)CC1. The van der Waals surface area contributed by atoms with Crippen molar-refractivity contribution >= 4 is 12.0 Å². The van der Waals surface area contributed by atoms with E-state index in [1.54, 1.807) is 4.90 Å². The zero-order valence-corrected chi connectivity index (χ0v) is 19.9. The van der Waals surface area contributed by atoms with Gasteiger partial charge in [-0.05, 0) is 89.6 Å². The molecule has 32 heavy (non-hydrogen) atoms. The quantitative estimate of drug-likeness (QED) is 0.689. The highest BCUT2D eigenvalue weighted by Crippen LogP contribution is 2.59. The molecule has 4 rings (SSSR count). The standard InChI is InChI=1S/C25H39N3O4/c1-4-31-24(30)28-13-8-20(9-14-28)26-23(29)21-17-25(21)10-15-27(16-11-25)12-7-18(2)22-6-5-19(3)32-22/h5-6,18,20-21H,4,7-17H2,1-3H3,(H,26,29)/t18-,21+/m1/s1. The summed E-state index contributed by atoms with van der Waals surface area (Å²) in [6.07, 6.45) is 5.78. The number of amides is 2. The van der Waals surface area contributed by atoms with Crippen LogP contribution in [0.25, 0.3) is 0 Å². The normalized spacial score (nSPS) is 24.3. The molecule has 2 aliphatic heterocycles. The number of hydrogen-bond acceptors (Lipinski definition) is 5. The van der Waals surface area contributed by atoms with Gasteiger partial charge < -0.3 is 24.3 Å². The Morgan fingerprint density at radius 3 is 2.56 bits per heavy atom. The minimum absolute atomic E-state index is 0.178. The molecule has 0 unspecified atom stereocenters. The largest absolute Gasteiger partial charge is 0.466 e. The van der Waals surface area contributed by atoms with E-state index in [0.717, 1.165) is 69.7 Å². The number of carbonyl (C=O) groups excluding carboxylic acids is 2. The van der Waals surface area contributed by atoms with Crippen LogP contribution < -0.4 is 5.32 Å². The van der Waals surface area contributed by atoms with Crippen LogP contribution >= 0.6 is 0 Å². The minimum Gasteiger partial charge on any atom is -0.466 e. The topological polar surface area (TPSA) is 75.0 Å². The van der Waals surface area contributed by atoms with Crippen molar-refractivity contribution in [3.63, 3.8) is 0 Å². The van der Waals surface area contributed by atoms with Crippen molar-refractivity contribution in [2.24, 2.45) is 11.3 Å². The van der Waals surface area contributed by atoms with E-state index in [4.69, 9.17) is 9.15 Å². The third-order valence-electron chi connectivity index (χ3n) is 7.85. The Balaban J connectivity index is 1.15. The first kappa shape index (κ1) is 23.1. The number of ether oxygens (including phenoxy) is 1. The molecule has 7 heteroatoms. The van der Waals surface area contributed by atoms with Crippen molar-refractivity contribution in [1.29, 1.82) is 0 Å². The lowest BCUT2D eigenvalue weighted by molar-refractivity contribution is -0.124. The lowest BCUT2D eigenvalue weighted by Crippen LogP contribution is -2.47. The molecule has 1 aliphatic carbocycles. The highest BCUT2D eigenvalue weighted by atomic mass is 16.6. The maximum absolute atomic E-state index is 12.9. The Morgan fingerprint density at radius 2 is 1.94 bits per heavy atom. The smallest absolute Gasteiger partial charge is 0.409 e. The second-order valence-electron chi connectivity index (χ2n) is 10.1. The molecule has 3 heterocycles. The van der Waals surface area contributed by atoms with Crippen LogP contribution in [0.1, 0.15) is 69.8 Å². The molecule has 0 aromatic carbocycles. The van der Waals surface area contributed by atoms with Gasteiger partial charge in [-0.25, -0.2) is 4.79 Å². The molecule has 2 amide bonds. The monoisotopic (exact) mass is 445 g/mol. The summed E-state index contributed by atoms with van der Waals surface area (Å²) in [5.41, 5.74) is 0.232. The summed E-state index contributed by atoms with van der Waals surface area (Å²) in [5, 5.41) is 3.27. The summed E-state index contributed by atoms with van der Waals surface area (Å²) in [4.78, 5) is 29.0. The lowest BCUT2D eigenvalue weighted by Gasteiger charge is -2.34. The molecule has 7 nitrogen and oxygen atoms in total. The molecule has 2 atom stereocenters. The third kappa shape index (κ3) is 5.30. The summed E-state index contributed by atoms with van der Waals surface area (Å²) in [5.74, 6) is 2.92. The Labute approximate surface area is 191 Å². The average molecular weight is 446 g/mol. The second-order valence-corrected chi connectivity index (χ2v) is 10.1. The average Bonchev–Trinajstić information content (AvgIpc) is 3.31.